The molecule has 0 radical (unpaired) electrons. The maximum absolute atomic E-state index is 9.69. The molecule has 0 bridgehead atoms. The van der Waals surface area contributed by atoms with Gasteiger partial charge in [-0.05, 0) is 48.5 Å². The van der Waals surface area contributed by atoms with E-state index in [9.17, 15) is 10.2 Å². The molecule has 25 heavy (non-hydrogen) atoms. The molecule has 0 amide bonds. The van der Waals surface area contributed by atoms with Crippen LogP contribution in [-0.2, 0) is 6.42 Å². The Kier molecular flexibility index (Phi) is 5.58. The number of hydrogen-bond acceptors (Lipinski definition) is 6. The molecule has 0 heterocycles. The molecule has 0 aliphatic heterocycles. The molecule has 0 aliphatic carbocycles. The van der Waals surface area contributed by atoms with Crippen LogP contribution in [0.2, 0.25) is 0 Å². The van der Waals surface area contributed by atoms with E-state index in [1.165, 1.54) is 30.3 Å². The Morgan fingerprint density at radius 1 is 0.600 bits per heavy atom. The van der Waals surface area contributed by atoms with Crippen molar-refractivity contribution in [3.8, 4) is 23.0 Å². The first kappa shape index (κ1) is 17.8. The second kappa shape index (κ2) is 7.83. The van der Waals surface area contributed by atoms with Crippen LogP contribution in [-0.4, -0.2) is 20.4 Å². The predicted molar refractivity (Wildman–Crippen MR) is 97.6 cm³/mol. The van der Waals surface area contributed by atoms with Crippen molar-refractivity contribution < 1.29 is 20.4 Å². The summed E-state index contributed by atoms with van der Waals surface area (Å²) in [6.45, 7) is 0. The number of phenolic OH excluding ortho intramolecular Hbond substituents is 4. The molecule has 8 N–H and O–H groups in total. The predicted octanol–water partition coefficient (Wildman–Crippen LogP) is 2.95. The number of aromatic hydroxyl groups is 4. The fourth-order valence-corrected chi connectivity index (χ4v) is 2.19. The van der Waals surface area contributed by atoms with E-state index in [0.29, 0.717) is 28.9 Å². The van der Waals surface area contributed by atoms with Crippen LogP contribution in [0.5, 0.6) is 23.0 Å². The van der Waals surface area contributed by atoms with Crippen LogP contribution in [0.3, 0.4) is 0 Å². The summed E-state index contributed by atoms with van der Waals surface area (Å²) in [6, 6.07) is 15.5. The Labute approximate surface area is 145 Å². The molecule has 0 fully saturated rings. The highest BCUT2D eigenvalue weighted by Gasteiger charge is 2.07. The second-order valence-electron chi connectivity index (χ2n) is 5.47. The number of anilines is 2. The Hall–Kier alpha value is -3.54. The van der Waals surface area contributed by atoms with Gasteiger partial charge in [-0.1, -0.05) is 6.07 Å². The first-order valence-electron chi connectivity index (χ1n) is 7.48. The Bertz CT molecular complexity index is 799. The molecule has 6 nitrogen and oxygen atoms in total. The van der Waals surface area contributed by atoms with Crippen LogP contribution in [0, 0.1) is 0 Å². The van der Waals surface area contributed by atoms with Crippen LogP contribution in [0.4, 0.5) is 11.4 Å². The first-order valence-corrected chi connectivity index (χ1v) is 7.48. The van der Waals surface area contributed by atoms with Crippen LogP contribution in [0.25, 0.3) is 0 Å². The fourth-order valence-electron chi connectivity index (χ4n) is 2.19. The summed E-state index contributed by atoms with van der Waals surface area (Å²) in [5.74, 6) is 0.483. The molecule has 0 unspecified atom stereocenters. The van der Waals surface area contributed by atoms with E-state index >= 15 is 0 Å². The van der Waals surface area contributed by atoms with Crippen molar-refractivity contribution in [2.24, 2.45) is 0 Å². The zero-order chi connectivity index (χ0) is 18.4. The van der Waals surface area contributed by atoms with Gasteiger partial charge < -0.3 is 31.9 Å². The molecule has 0 aromatic heterocycles. The summed E-state index contributed by atoms with van der Waals surface area (Å²) in [6.07, 6.45) is 0.383. The second-order valence-corrected chi connectivity index (χ2v) is 5.47. The van der Waals surface area contributed by atoms with Gasteiger partial charge in [0.2, 0.25) is 0 Å². The summed E-state index contributed by atoms with van der Waals surface area (Å²) in [5, 5.41) is 36.7. The SMILES string of the molecule is Nc1ccc(O)c(Cc2cc(N)ccc2O)c1.Oc1cccc(O)c1. The third-order valence-electron chi connectivity index (χ3n) is 3.42. The maximum Gasteiger partial charge on any atom is 0.119 e. The van der Waals surface area contributed by atoms with Crippen molar-refractivity contribution in [2.75, 3.05) is 11.5 Å². The molecule has 0 spiro atoms. The lowest BCUT2D eigenvalue weighted by molar-refractivity contribution is 0.450. The molecule has 0 atom stereocenters. The number of nitrogens with two attached hydrogens (primary N) is 2. The summed E-state index contributed by atoms with van der Waals surface area (Å²) in [5.41, 5.74) is 13.8. The van der Waals surface area contributed by atoms with Gasteiger partial charge in [0.05, 0.1) is 0 Å². The molecule has 0 aliphatic rings. The van der Waals surface area contributed by atoms with E-state index in [1.807, 2.05) is 0 Å². The standard InChI is InChI=1S/C13H14N2O2.C6H6O2/c14-10-1-3-12(16)8(6-10)5-9-7-11(15)2-4-13(9)17;7-5-2-1-3-6(8)4-5/h1-4,6-7,16-17H,5,14-15H2;1-4,7-8H. The highest BCUT2D eigenvalue weighted by Crippen LogP contribution is 2.27. The van der Waals surface area contributed by atoms with E-state index < -0.39 is 0 Å². The Morgan fingerprint density at radius 2 is 1.04 bits per heavy atom. The summed E-state index contributed by atoms with van der Waals surface area (Å²) in [7, 11) is 0. The van der Waals surface area contributed by atoms with Gasteiger partial charge in [0.1, 0.15) is 23.0 Å². The van der Waals surface area contributed by atoms with Gasteiger partial charge in [-0.15, -0.1) is 0 Å². The molecule has 3 aromatic rings. The van der Waals surface area contributed by atoms with E-state index in [1.54, 1.807) is 30.3 Å². The van der Waals surface area contributed by atoms with Crippen molar-refractivity contribution in [2.45, 2.75) is 6.42 Å². The maximum atomic E-state index is 9.69. The van der Waals surface area contributed by atoms with Crippen molar-refractivity contribution in [1.29, 1.82) is 0 Å². The lowest BCUT2D eigenvalue weighted by Crippen LogP contribution is -1.94. The topological polar surface area (TPSA) is 133 Å². The van der Waals surface area contributed by atoms with Crippen molar-refractivity contribution in [1.82, 2.24) is 0 Å². The van der Waals surface area contributed by atoms with Gasteiger partial charge in [-0.2, -0.15) is 0 Å². The Morgan fingerprint density at radius 3 is 1.40 bits per heavy atom. The number of phenols is 4. The zero-order valence-corrected chi connectivity index (χ0v) is 13.4. The number of rotatable bonds is 2. The molecular weight excluding hydrogens is 320 g/mol. The monoisotopic (exact) mass is 340 g/mol. The minimum Gasteiger partial charge on any atom is -0.508 e. The first-order chi connectivity index (χ1) is 11.8. The minimum atomic E-state index is 0.0880. The van der Waals surface area contributed by atoms with Crippen molar-refractivity contribution in [3.05, 3.63) is 71.8 Å². The average molecular weight is 340 g/mol. The van der Waals surface area contributed by atoms with Crippen molar-refractivity contribution >= 4 is 11.4 Å². The molecule has 130 valence electrons. The van der Waals surface area contributed by atoms with E-state index in [4.69, 9.17) is 21.7 Å². The molecular formula is C19H20N2O4. The van der Waals surface area contributed by atoms with E-state index in [2.05, 4.69) is 0 Å². The van der Waals surface area contributed by atoms with Crippen molar-refractivity contribution in [3.63, 3.8) is 0 Å². The average Bonchev–Trinajstić information content (AvgIpc) is 2.55. The molecule has 3 aromatic carbocycles. The smallest absolute Gasteiger partial charge is 0.119 e. The molecule has 0 saturated heterocycles. The van der Waals surface area contributed by atoms with Gasteiger partial charge in [0, 0.05) is 35.0 Å². The molecule has 6 heteroatoms. The summed E-state index contributed by atoms with van der Waals surface area (Å²) in [4.78, 5) is 0. The summed E-state index contributed by atoms with van der Waals surface area (Å²) >= 11 is 0. The summed E-state index contributed by atoms with van der Waals surface area (Å²) < 4.78 is 0. The van der Waals surface area contributed by atoms with Gasteiger partial charge in [-0.25, -0.2) is 0 Å². The number of benzene rings is 3. The van der Waals surface area contributed by atoms with Crippen LogP contribution in [0.1, 0.15) is 11.1 Å². The normalized spacial score (nSPS) is 9.92. The van der Waals surface area contributed by atoms with E-state index in [0.717, 1.165) is 0 Å². The molecule has 3 rings (SSSR count). The van der Waals surface area contributed by atoms with Crippen LogP contribution < -0.4 is 11.5 Å². The lowest BCUT2D eigenvalue weighted by atomic mass is 10.0. The van der Waals surface area contributed by atoms with Crippen LogP contribution >= 0.6 is 0 Å². The fraction of sp³-hybridized carbons (Fsp3) is 0.0526. The quantitative estimate of drug-likeness (QED) is 0.314. The number of hydrogen-bond donors (Lipinski definition) is 6. The van der Waals surface area contributed by atoms with Gasteiger partial charge in [-0.3, -0.25) is 0 Å². The molecule has 0 saturated carbocycles. The van der Waals surface area contributed by atoms with E-state index in [-0.39, 0.29) is 23.0 Å². The van der Waals surface area contributed by atoms with Gasteiger partial charge in [0.25, 0.3) is 0 Å². The minimum absolute atomic E-state index is 0.0880. The Balaban J connectivity index is 0.000000236. The number of nitrogen functional groups attached to an aromatic ring is 2. The van der Waals surface area contributed by atoms with Gasteiger partial charge >= 0.3 is 0 Å². The lowest BCUT2D eigenvalue weighted by Gasteiger charge is -2.08. The van der Waals surface area contributed by atoms with Crippen LogP contribution in [0.15, 0.2) is 60.7 Å². The zero-order valence-electron chi connectivity index (χ0n) is 13.4. The third kappa shape index (κ3) is 5.24. The largest absolute Gasteiger partial charge is 0.508 e. The highest BCUT2D eigenvalue weighted by atomic mass is 16.3. The van der Waals surface area contributed by atoms with Gasteiger partial charge in [0.15, 0.2) is 0 Å². The third-order valence-corrected chi connectivity index (χ3v) is 3.42. The highest BCUT2D eigenvalue weighted by molar-refractivity contribution is 5.53.